The Morgan fingerprint density at radius 1 is 1.05 bits per heavy atom. The summed E-state index contributed by atoms with van der Waals surface area (Å²) in [6.07, 6.45) is -0.0637. The molecule has 3 N–H and O–H groups in total. The van der Waals surface area contributed by atoms with Crippen molar-refractivity contribution in [2.24, 2.45) is 0 Å². The van der Waals surface area contributed by atoms with Gasteiger partial charge in [0.15, 0.2) is 0 Å². The fraction of sp³-hybridized carbons (Fsp3) is 0.267. The number of nitrogens with zero attached hydrogens (tertiary/aromatic N) is 2. The number of rotatable bonds is 7. The molecule has 2 aromatic carbocycles. The maximum Gasteiger partial charge on any atom is 0.416 e. The molecule has 41 heavy (non-hydrogen) atoms. The number of aromatic nitrogens is 1. The number of alkyl halides is 3. The van der Waals surface area contributed by atoms with Gasteiger partial charge in [-0.25, -0.2) is 4.79 Å². The summed E-state index contributed by atoms with van der Waals surface area (Å²) >= 11 is 0. The summed E-state index contributed by atoms with van der Waals surface area (Å²) in [5.74, 6) is -0.323. The molecular formula is C30H29F3N4O4. The molecule has 4 rings (SSSR count). The van der Waals surface area contributed by atoms with Crippen molar-refractivity contribution in [2.45, 2.75) is 39.0 Å². The molecule has 0 unspecified atom stereocenters. The number of nitrogens with one attached hydrogen (secondary N) is 2. The predicted octanol–water partition coefficient (Wildman–Crippen LogP) is 5.66. The molecule has 0 saturated heterocycles. The highest BCUT2D eigenvalue weighted by atomic mass is 19.4. The number of carboxylic acid groups (broad SMARTS) is 1. The molecule has 0 saturated carbocycles. The fourth-order valence-electron chi connectivity index (χ4n) is 4.62. The van der Waals surface area contributed by atoms with Crippen molar-refractivity contribution in [3.05, 3.63) is 94.8 Å². The normalized spacial score (nSPS) is 14.2. The molecule has 0 radical (unpaired) electrons. The largest absolute Gasteiger partial charge is 0.465 e. The number of hydrogen-bond donors (Lipinski definition) is 3. The number of amides is 3. The Bertz CT molecular complexity index is 1490. The number of benzene rings is 2. The molecular weight excluding hydrogens is 537 g/mol. The number of carbonyl (C=O) groups is 3. The number of carbonyl (C=O) groups excluding carboxylic acids is 2. The van der Waals surface area contributed by atoms with Crippen molar-refractivity contribution in [2.75, 3.05) is 13.1 Å². The van der Waals surface area contributed by atoms with Gasteiger partial charge in [0.05, 0.1) is 17.2 Å². The SMILES string of the molecule is CC(=O)N1CC=C(c2cncc(C(=O)N[C@H](C)c3ccc(-c4cc(C(F)(F)F)ccc4CNC(=O)O)cc3)c2)CC1. The van der Waals surface area contributed by atoms with E-state index in [0.717, 1.165) is 28.8 Å². The van der Waals surface area contributed by atoms with E-state index in [2.05, 4.69) is 15.6 Å². The zero-order chi connectivity index (χ0) is 29.7. The van der Waals surface area contributed by atoms with Crippen LogP contribution in [0.25, 0.3) is 16.7 Å². The molecule has 0 fully saturated rings. The van der Waals surface area contributed by atoms with Crippen molar-refractivity contribution in [3.63, 3.8) is 0 Å². The number of pyridine rings is 1. The predicted molar refractivity (Wildman–Crippen MR) is 147 cm³/mol. The van der Waals surface area contributed by atoms with Gasteiger partial charge in [0.2, 0.25) is 5.91 Å². The summed E-state index contributed by atoms with van der Waals surface area (Å²) in [6.45, 7) is 4.27. The highest BCUT2D eigenvalue weighted by molar-refractivity contribution is 5.95. The Morgan fingerprint density at radius 2 is 1.78 bits per heavy atom. The summed E-state index contributed by atoms with van der Waals surface area (Å²) < 4.78 is 40.1. The molecule has 1 aliphatic rings. The van der Waals surface area contributed by atoms with Gasteiger partial charge < -0.3 is 20.6 Å². The Hall–Kier alpha value is -4.67. The van der Waals surface area contributed by atoms with Gasteiger partial charge in [-0.05, 0) is 64.9 Å². The van der Waals surface area contributed by atoms with Crippen molar-refractivity contribution >= 4 is 23.5 Å². The van der Waals surface area contributed by atoms with E-state index in [4.69, 9.17) is 5.11 Å². The molecule has 1 atom stereocenters. The topological polar surface area (TPSA) is 112 Å². The number of hydrogen-bond acceptors (Lipinski definition) is 4. The third-order valence-corrected chi connectivity index (χ3v) is 6.96. The van der Waals surface area contributed by atoms with Crippen LogP contribution in [0.4, 0.5) is 18.0 Å². The number of halogens is 3. The van der Waals surface area contributed by atoms with Crippen LogP contribution in [-0.4, -0.2) is 46.0 Å². The molecule has 1 aliphatic heterocycles. The molecule has 0 bridgehead atoms. The third kappa shape index (κ3) is 7.30. The van der Waals surface area contributed by atoms with Crippen LogP contribution in [0.2, 0.25) is 0 Å². The minimum absolute atomic E-state index is 0.0130. The van der Waals surface area contributed by atoms with Crippen molar-refractivity contribution in [3.8, 4) is 11.1 Å². The van der Waals surface area contributed by atoms with E-state index in [1.807, 2.05) is 6.08 Å². The minimum Gasteiger partial charge on any atom is -0.465 e. The van der Waals surface area contributed by atoms with Gasteiger partial charge in [-0.2, -0.15) is 13.2 Å². The molecule has 3 aromatic rings. The molecule has 0 aliphatic carbocycles. The average molecular weight is 567 g/mol. The van der Waals surface area contributed by atoms with Gasteiger partial charge in [0.1, 0.15) is 0 Å². The lowest BCUT2D eigenvalue weighted by Crippen LogP contribution is -2.32. The molecule has 2 heterocycles. The molecule has 0 spiro atoms. The second-order valence-electron chi connectivity index (χ2n) is 9.75. The minimum atomic E-state index is -4.55. The van der Waals surface area contributed by atoms with Crippen molar-refractivity contribution < 1.29 is 32.7 Å². The Balaban J connectivity index is 1.49. The average Bonchev–Trinajstić information content (AvgIpc) is 2.95. The lowest BCUT2D eigenvalue weighted by molar-refractivity contribution is -0.137. The van der Waals surface area contributed by atoms with Gasteiger partial charge in [-0.15, -0.1) is 0 Å². The maximum atomic E-state index is 13.4. The van der Waals surface area contributed by atoms with Crippen LogP contribution < -0.4 is 10.6 Å². The summed E-state index contributed by atoms with van der Waals surface area (Å²) in [6, 6.07) is 11.2. The standard InChI is InChI=1S/C30H29F3N4O4/c1-18(36-28(39)25-13-24(15-34-16-25)21-9-11-37(12-10-21)19(2)38)20-3-5-22(6-4-20)27-14-26(30(31,32)33)8-7-23(27)17-35-29(40)41/h3-9,13-16,18,35H,10-12,17H2,1-2H3,(H,36,39)(H,40,41)/t18-/m1/s1. The first kappa shape index (κ1) is 29.3. The van der Waals surface area contributed by atoms with Crippen LogP contribution in [0.3, 0.4) is 0 Å². The van der Waals surface area contributed by atoms with Crippen molar-refractivity contribution in [1.29, 1.82) is 0 Å². The van der Waals surface area contributed by atoms with E-state index in [9.17, 15) is 27.6 Å². The monoisotopic (exact) mass is 566 g/mol. The highest BCUT2D eigenvalue weighted by Crippen LogP contribution is 2.34. The van der Waals surface area contributed by atoms with E-state index in [0.29, 0.717) is 36.2 Å². The van der Waals surface area contributed by atoms with Crippen LogP contribution in [0, 0.1) is 0 Å². The first-order valence-corrected chi connectivity index (χ1v) is 12.9. The van der Waals surface area contributed by atoms with Gasteiger partial charge in [0.25, 0.3) is 5.91 Å². The van der Waals surface area contributed by atoms with Crippen LogP contribution in [0.1, 0.15) is 58.9 Å². The molecule has 8 nitrogen and oxygen atoms in total. The Labute approximate surface area is 234 Å². The van der Waals surface area contributed by atoms with Gasteiger partial charge in [-0.3, -0.25) is 14.6 Å². The molecule has 214 valence electrons. The molecule has 1 aromatic heterocycles. The van der Waals surface area contributed by atoms with Crippen molar-refractivity contribution in [1.82, 2.24) is 20.5 Å². The van der Waals surface area contributed by atoms with E-state index in [1.54, 1.807) is 48.4 Å². The van der Waals surface area contributed by atoms with Gasteiger partial charge >= 0.3 is 12.3 Å². The second kappa shape index (κ2) is 12.2. The summed E-state index contributed by atoms with van der Waals surface area (Å²) in [7, 11) is 0. The smallest absolute Gasteiger partial charge is 0.416 e. The fourth-order valence-corrected chi connectivity index (χ4v) is 4.62. The first-order chi connectivity index (χ1) is 19.4. The van der Waals surface area contributed by atoms with Crippen LogP contribution in [-0.2, 0) is 17.5 Å². The van der Waals surface area contributed by atoms with Gasteiger partial charge in [0, 0.05) is 39.0 Å². The second-order valence-corrected chi connectivity index (χ2v) is 9.75. The molecule has 11 heteroatoms. The zero-order valence-electron chi connectivity index (χ0n) is 22.5. The van der Waals surface area contributed by atoms with E-state index in [1.165, 1.54) is 19.2 Å². The van der Waals surface area contributed by atoms with E-state index >= 15 is 0 Å². The maximum absolute atomic E-state index is 13.4. The Kier molecular flexibility index (Phi) is 8.75. The van der Waals surface area contributed by atoms with E-state index < -0.39 is 23.9 Å². The highest BCUT2D eigenvalue weighted by Gasteiger charge is 2.31. The quantitative estimate of drug-likeness (QED) is 0.342. The summed E-state index contributed by atoms with van der Waals surface area (Å²) in [5.41, 5.74) is 3.21. The summed E-state index contributed by atoms with van der Waals surface area (Å²) in [4.78, 5) is 41.5. The molecule has 3 amide bonds. The lowest BCUT2D eigenvalue weighted by Gasteiger charge is -2.25. The van der Waals surface area contributed by atoms with E-state index in [-0.39, 0.29) is 23.9 Å². The summed E-state index contributed by atoms with van der Waals surface area (Å²) in [5, 5.41) is 14.0. The Morgan fingerprint density at radius 3 is 2.39 bits per heavy atom. The lowest BCUT2D eigenvalue weighted by atomic mass is 9.95. The van der Waals surface area contributed by atoms with Gasteiger partial charge in [-0.1, -0.05) is 36.4 Å². The van der Waals surface area contributed by atoms with Crippen LogP contribution >= 0.6 is 0 Å². The van der Waals surface area contributed by atoms with Crippen LogP contribution in [0.15, 0.2) is 67.0 Å². The third-order valence-electron chi connectivity index (χ3n) is 6.96. The zero-order valence-corrected chi connectivity index (χ0v) is 22.5. The van der Waals surface area contributed by atoms with Crippen LogP contribution in [0.5, 0.6) is 0 Å². The first-order valence-electron chi connectivity index (χ1n) is 12.9.